The highest BCUT2D eigenvalue weighted by Crippen LogP contribution is 2.14. The molecular formula is C20H23NO6. The lowest BCUT2D eigenvalue weighted by Gasteiger charge is -2.22. The zero-order chi connectivity index (χ0) is 19.5. The standard InChI is InChI=1S/C20H23NO6/c1-25-18-9-7-16(8-10-18)13-21(11-12-26-15-19(22)23)20(24)27-14-17-5-3-2-4-6-17/h2-10H,11-15H2,1H3,(H,22,23). The molecule has 0 radical (unpaired) electrons. The van der Waals surface area contributed by atoms with Crippen molar-refractivity contribution >= 4 is 12.1 Å². The van der Waals surface area contributed by atoms with Crippen LogP contribution in [-0.2, 0) is 27.4 Å². The minimum Gasteiger partial charge on any atom is -0.497 e. The summed E-state index contributed by atoms with van der Waals surface area (Å²) < 4.78 is 15.5. The molecule has 144 valence electrons. The van der Waals surface area contributed by atoms with Gasteiger partial charge < -0.3 is 24.2 Å². The Hall–Kier alpha value is -3.06. The van der Waals surface area contributed by atoms with E-state index < -0.39 is 18.7 Å². The van der Waals surface area contributed by atoms with Crippen LogP contribution in [0.4, 0.5) is 4.79 Å². The smallest absolute Gasteiger partial charge is 0.410 e. The van der Waals surface area contributed by atoms with E-state index in [0.717, 1.165) is 16.9 Å². The molecule has 7 heteroatoms. The van der Waals surface area contributed by atoms with Gasteiger partial charge in [-0.2, -0.15) is 0 Å². The number of carbonyl (C=O) groups is 2. The lowest BCUT2D eigenvalue weighted by molar-refractivity contribution is -0.142. The monoisotopic (exact) mass is 373 g/mol. The molecule has 0 unspecified atom stereocenters. The van der Waals surface area contributed by atoms with E-state index in [0.29, 0.717) is 6.54 Å². The van der Waals surface area contributed by atoms with Crippen LogP contribution in [-0.4, -0.2) is 48.9 Å². The molecule has 0 aliphatic heterocycles. The van der Waals surface area contributed by atoms with Crippen LogP contribution >= 0.6 is 0 Å². The molecule has 27 heavy (non-hydrogen) atoms. The number of aliphatic carboxylic acids is 1. The summed E-state index contributed by atoms with van der Waals surface area (Å²) in [5.74, 6) is -0.329. The van der Waals surface area contributed by atoms with Crippen LogP contribution in [0.3, 0.4) is 0 Å². The fraction of sp³-hybridized carbons (Fsp3) is 0.300. The van der Waals surface area contributed by atoms with Crippen molar-refractivity contribution in [1.82, 2.24) is 4.90 Å². The second kappa shape index (κ2) is 10.8. The van der Waals surface area contributed by atoms with Crippen molar-refractivity contribution in [2.75, 3.05) is 26.9 Å². The fourth-order valence-electron chi connectivity index (χ4n) is 2.33. The molecule has 0 fully saturated rings. The zero-order valence-corrected chi connectivity index (χ0v) is 15.2. The Bertz CT molecular complexity index is 717. The number of carboxylic acid groups (broad SMARTS) is 1. The third kappa shape index (κ3) is 7.37. The van der Waals surface area contributed by atoms with Crippen LogP contribution in [0.1, 0.15) is 11.1 Å². The Morgan fingerprint density at radius 2 is 1.70 bits per heavy atom. The fourth-order valence-corrected chi connectivity index (χ4v) is 2.33. The van der Waals surface area contributed by atoms with Gasteiger partial charge in [-0.25, -0.2) is 9.59 Å². The minimum absolute atomic E-state index is 0.100. The Labute approximate surface area is 158 Å². The third-order valence-electron chi connectivity index (χ3n) is 3.73. The number of hydrogen-bond donors (Lipinski definition) is 1. The number of amides is 1. The molecule has 0 saturated carbocycles. The number of rotatable bonds is 10. The van der Waals surface area contributed by atoms with Crippen molar-refractivity contribution in [2.45, 2.75) is 13.2 Å². The van der Waals surface area contributed by atoms with E-state index in [-0.39, 0.29) is 19.8 Å². The van der Waals surface area contributed by atoms with Gasteiger partial charge in [0.2, 0.25) is 0 Å². The highest BCUT2D eigenvalue weighted by Gasteiger charge is 2.16. The van der Waals surface area contributed by atoms with Crippen molar-refractivity contribution < 1.29 is 28.9 Å². The zero-order valence-electron chi connectivity index (χ0n) is 15.2. The maximum atomic E-state index is 12.5. The van der Waals surface area contributed by atoms with E-state index in [1.54, 1.807) is 7.11 Å². The van der Waals surface area contributed by atoms with Crippen molar-refractivity contribution in [3.8, 4) is 5.75 Å². The topological polar surface area (TPSA) is 85.3 Å². The number of carboxylic acids is 1. The quantitative estimate of drug-likeness (QED) is 0.645. The van der Waals surface area contributed by atoms with Crippen LogP contribution in [0.25, 0.3) is 0 Å². The Balaban J connectivity index is 1.95. The first kappa shape index (κ1) is 20.3. The number of nitrogens with zero attached hydrogens (tertiary/aromatic N) is 1. The Morgan fingerprint density at radius 1 is 1.00 bits per heavy atom. The van der Waals surface area contributed by atoms with E-state index in [4.69, 9.17) is 19.3 Å². The SMILES string of the molecule is COc1ccc(CN(CCOCC(=O)O)C(=O)OCc2ccccc2)cc1. The van der Waals surface area contributed by atoms with Gasteiger partial charge in [-0.1, -0.05) is 42.5 Å². The molecule has 7 nitrogen and oxygen atoms in total. The lowest BCUT2D eigenvalue weighted by Crippen LogP contribution is -2.34. The molecule has 2 aromatic rings. The molecule has 2 rings (SSSR count). The van der Waals surface area contributed by atoms with Gasteiger partial charge in [0.1, 0.15) is 19.0 Å². The minimum atomic E-state index is -1.05. The van der Waals surface area contributed by atoms with Crippen molar-refractivity contribution in [2.24, 2.45) is 0 Å². The van der Waals surface area contributed by atoms with E-state index in [2.05, 4.69) is 0 Å². The number of hydrogen-bond acceptors (Lipinski definition) is 5. The van der Waals surface area contributed by atoms with E-state index in [1.807, 2.05) is 54.6 Å². The molecule has 0 aromatic heterocycles. The molecule has 0 bridgehead atoms. The van der Waals surface area contributed by atoms with Gasteiger partial charge >= 0.3 is 12.1 Å². The predicted molar refractivity (Wildman–Crippen MR) is 98.5 cm³/mol. The lowest BCUT2D eigenvalue weighted by atomic mass is 10.2. The second-order valence-electron chi connectivity index (χ2n) is 5.76. The molecule has 0 aliphatic rings. The maximum Gasteiger partial charge on any atom is 0.410 e. The average Bonchev–Trinajstić information content (AvgIpc) is 2.69. The van der Waals surface area contributed by atoms with E-state index in [9.17, 15) is 9.59 Å². The largest absolute Gasteiger partial charge is 0.497 e. The predicted octanol–water partition coefficient (Wildman–Crippen LogP) is 2.94. The summed E-state index contributed by atoms with van der Waals surface area (Å²) in [7, 11) is 1.59. The van der Waals surface area contributed by atoms with Gasteiger partial charge in [-0.15, -0.1) is 0 Å². The maximum absolute atomic E-state index is 12.5. The molecule has 1 N–H and O–H groups in total. The number of benzene rings is 2. The summed E-state index contributed by atoms with van der Waals surface area (Å²) in [6, 6.07) is 16.7. The van der Waals surface area contributed by atoms with Gasteiger partial charge in [0.15, 0.2) is 0 Å². The molecule has 0 spiro atoms. The molecule has 0 aliphatic carbocycles. The summed E-state index contributed by atoms with van der Waals surface area (Å²) in [4.78, 5) is 24.5. The van der Waals surface area contributed by atoms with Crippen LogP contribution in [0.2, 0.25) is 0 Å². The molecule has 1 amide bonds. The first-order chi connectivity index (χ1) is 13.1. The van der Waals surface area contributed by atoms with Crippen LogP contribution < -0.4 is 4.74 Å². The van der Waals surface area contributed by atoms with Gasteiger partial charge in [0, 0.05) is 13.1 Å². The summed E-state index contributed by atoms with van der Waals surface area (Å²) in [5, 5.41) is 8.64. The Morgan fingerprint density at radius 3 is 2.33 bits per heavy atom. The van der Waals surface area contributed by atoms with E-state index >= 15 is 0 Å². The average molecular weight is 373 g/mol. The highest BCUT2D eigenvalue weighted by molar-refractivity contribution is 5.68. The third-order valence-corrected chi connectivity index (χ3v) is 3.73. The van der Waals surface area contributed by atoms with Crippen molar-refractivity contribution in [1.29, 1.82) is 0 Å². The van der Waals surface area contributed by atoms with Crippen LogP contribution in [0.15, 0.2) is 54.6 Å². The second-order valence-corrected chi connectivity index (χ2v) is 5.76. The molecule has 0 saturated heterocycles. The van der Waals surface area contributed by atoms with Gasteiger partial charge in [-0.3, -0.25) is 0 Å². The van der Waals surface area contributed by atoms with Crippen molar-refractivity contribution in [3.05, 3.63) is 65.7 Å². The summed E-state index contributed by atoms with van der Waals surface area (Å²) in [5.41, 5.74) is 1.78. The molecule has 2 aromatic carbocycles. The van der Waals surface area contributed by atoms with Crippen molar-refractivity contribution in [3.63, 3.8) is 0 Å². The summed E-state index contributed by atoms with van der Waals surface area (Å²) in [6.45, 7) is 0.383. The van der Waals surface area contributed by atoms with E-state index in [1.165, 1.54) is 4.90 Å². The Kier molecular flexibility index (Phi) is 8.12. The van der Waals surface area contributed by atoms with Gasteiger partial charge in [0.05, 0.1) is 13.7 Å². The number of carbonyl (C=O) groups excluding carboxylic acids is 1. The number of methoxy groups -OCH3 is 1. The first-order valence-electron chi connectivity index (χ1n) is 8.46. The first-order valence-corrected chi connectivity index (χ1v) is 8.46. The highest BCUT2D eigenvalue weighted by atomic mass is 16.6. The molecule has 0 atom stereocenters. The molecular weight excluding hydrogens is 350 g/mol. The van der Waals surface area contributed by atoms with Gasteiger partial charge in [0.25, 0.3) is 0 Å². The van der Waals surface area contributed by atoms with Gasteiger partial charge in [-0.05, 0) is 23.3 Å². The number of ether oxygens (including phenoxy) is 3. The van der Waals surface area contributed by atoms with Crippen LogP contribution in [0.5, 0.6) is 5.75 Å². The van der Waals surface area contributed by atoms with Crippen LogP contribution in [0, 0.1) is 0 Å². The summed E-state index contributed by atoms with van der Waals surface area (Å²) in [6.07, 6.45) is -0.492. The summed E-state index contributed by atoms with van der Waals surface area (Å²) >= 11 is 0. The normalized spacial score (nSPS) is 10.3. The molecule has 0 heterocycles.